The number of aliphatic carboxylic acids is 1. The molecule has 3 atom stereocenters. The van der Waals surface area contributed by atoms with Gasteiger partial charge in [0, 0.05) is 32.0 Å². The fourth-order valence-electron chi connectivity index (χ4n) is 2.44. The number of carboxylic acid groups (broad SMARTS) is 1. The lowest BCUT2D eigenvalue weighted by atomic mass is 10.2. The molecule has 0 saturated carbocycles. The smallest absolute Gasteiger partial charge is 0.321 e. The van der Waals surface area contributed by atoms with Gasteiger partial charge in [0.05, 0.1) is 6.10 Å². The Morgan fingerprint density at radius 2 is 2.31 bits per heavy atom. The first-order valence-corrected chi connectivity index (χ1v) is 5.50. The number of nitrogens with one attached hydrogen (secondary N) is 1. The van der Waals surface area contributed by atoms with Crippen LogP contribution in [0.4, 0.5) is 0 Å². The van der Waals surface area contributed by atoms with Crippen molar-refractivity contribution in [3.05, 3.63) is 0 Å². The van der Waals surface area contributed by atoms with Crippen molar-refractivity contribution < 1.29 is 19.8 Å². The van der Waals surface area contributed by atoms with E-state index >= 15 is 0 Å². The number of carbonyl (C=O) groups is 2. The molecule has 1 amide bonds. The summed E-state index contributed by atoms with van der Waals surface area (Å²) in [5, 5.41) is 21.2. The van der Waals surface area contributed by atoms with Crippen LogP contribution in [0.3, 0.4) is 0 Å². The van der Waals surface area contributed by atoms with E-state index in [4.69, 9.17) is 5.11 Å². The summed E-state index contributed by atoms with van der Waals surface area (Å²) in [7, 11) is 0. The van der Waals surface area contributed by atoms with Crippen LogP contribution in [0.2, 0.25) is 0 Å². The molecular weight excluding hydrogens is 212 g/mol. The molecule has 2 aliphatic rings. The SMILES string of the molecule is O=C1CCC(CN2CC(O)CC2C(=O)O)N1. The van der Waals surface area contributed by atoms with Gasteiger partial charge in [-0.25, -0.2) is 0 Å². The predicted octanol–water partition coefficient (Wildman–Crippen LogP) is -1.22. The third kappa shape index (κ3) is 2.33. The van der Waals surface area contributed by atoms with Crippen LogP contribution < -0.4 is 5.32 Å². The molecule has 6 nitrogen and oxygen atoms in total. The van der Waals surface area contributed by atoms with Crippen LogP contribution in [0.1, 0.15) is 19.3 Å². The van der Waals surface area contributed by atoms with Crippen LogP contribution in [0.15, 0.2) is 0 Å². The van der Waals surface area contributed by atoms with Crippen molar-refractivity contribution >= 4 is 11.9 Å². The van der Waals surface area contributed by atoms with E-state index in [1.807, 2.05) is 0 Å². The number of aliphatic hydroxyl groups excluding tert-OH is 1. The largest absolute Gasteiger partial charge is 0.480 e. The Morgan fingerprint density at radius 1 is 1.56 bits per heavy atom. The van der Waals surface area contributed by atoms with Gasteiger partial charge in [0.2, 0.25) is 5.91 Å². The summed E-state index contributed by atoms with van der Waals surface area (Å²) >= 11 is 0. The molecule has 3 N–H and O–H groups in total. The van der Waals surface area contributed by atoms with Gasteiger partial charge in [-0.1, -0.05) is 0 Å². The highest BCUT2D eigenvalue weighted by Gasteiger charge is 2.37. The maximum absolute atomic E-state index is 11.0. The molecule has 0 aliphatic carbocycles. The molecule has 3 unspecified atom stereocenters. The molecule has 0 radical (unpaired) electrons. The van der Waals surface area contributed by atoms with Crippen molar-refractivity contribution in [2.75, 3.05) is 13.1 Å². The molecule has 0 aromatic heterocycles. The van der Waals surface area contributed by atoms with E-state index in [-0.39, 0.29) is 18.4 Å². The molecular formula is C10H16N2O4. The van der Waals surface area contributed by atoms with Crippen LogP contribution in [-0.2, 0) is 9.59 Å². The summed E-state index contributed by atoms with van der Waals surface area (Å²) in [6.07, 6.45) is 0.963. The normalized spacial score (nSPS) is 35.3. The highest BCUT2D eigenvalue weighted by atomic mass is 16.4. The first-order chi connectivity index (χ1) is 7.56. The number of rotatable bonds is 3. The number of hydrogen-bond donors (Lipinski definition) is 3. The zero-order valence-corrected chi connectivity index (χ0v) is 8.93. The lowest BCUT2D eigenvalue weighted by molar-refractivity contribution is -0.142. The van der Waals surface area contributed by atoms with Crippen LogP contribution in [0.5, 0.6) is 0 Å². The van der Waals surface area contributed by atoms with Crippen LogP contribution in [0, 0.1) is 0 Å². The van der Waals surface area contributed by atoms with E-state index in [1.54, 1.807) is 4.90 Å². The van der Waals surface area contributed by atoms with Gasteiger partial charge < -0.3 is 15.5 Å². The minimum Gasteiger partial charge on any atom is -0.480 e. The molecule has 2 heterocycles. The topological polar surface area (TPSA) is 89.9 Å². The molecule has 2 aliphatic heterocycles. The van der Waals surface area contributed by atoms with Crippen molar-refractivity contribution in [1.29, 1.82) is 0 Å². The Labute approximate surface area is 93.2 Å². The average Bonchev–Trinajstić information content (AvgIpc) is 2.74. The second-order valence-electron chi connectivity index (χ2n) is 4.50. The summed E-state index contributed by atoms with van der Waals surface area (Å²) in [5.41, 5.74) is 0. The molecule has 6 heteroatoms. The maximum Gasteiger partial charge on any atom is 0.321 e. The van der Waals surface area contributed by atoms with Gasteiger partial charge in [-0.15, -0.1) is 0 Å². The molecule has 0 spiro atoms. The summed E-state index contributed by atoms with van der Waals surface area (Å²) < 4.78 is 0. The molecule has 0 aromatic rings. The van der Waals surface area contributed by atoms with Crippen LogP contribution in [0.25, 0.3) is 0 Å². The molecule has 16 heavy (non-hydrogen) atoms. The highest BCUT2D eigenvalue weighted by molar-refractivity contribution is 5.78. The van der Waals surface area contributed by atoms with E-state index in [2.05, 4.69) is 5.32 Å². The summed E-state index contributed by atoms with van der Waals surface area (Å²) in [5.74, 6) is -0.877. The fourth-order valence-corrected chi connectivity index (χ4v) is 2.44. The Balaban J connectivity index is 1.92. The van der Waals surface area contributed by atoms with Gasteiger partial charge in [-0.2, -0.15) is 0 Å². The van der Waals surface area contributed by atoms with E-state index in [0.717, 1.165) is 6.42 Å². The fraction of sp³-hybridized carbons (Fsp3) is 0.800. The molecule has 2 saturated heterocycles. The summed E-state index contributed by atoms with van der Waals surface area (Å²) in [6, 6.07) is -0.591. The van der Waals surface area contributed by atoms with Crippen molar-refractivity contribution in [3.63, 3.8) is 0 Å². The van der Waals surface area contributed by atoms with Crippen molar-refractivity contribution in [1.82, 2.24) is 10.2 Å². The molecule has 2 rings (SSSR count). The average molecular weight is 228 g/mol. The summed E-state index contributed by atoms with van der Waals surface area (Å²) in [6.45, 7) is 0.892. The van der Waals surface area contributed by atoms with Gasteiger partial charge in [-0.05, 0) is 6.42 Å². The minimum absolute atomic E-state index is 0.0246. The van der Waals surface area contributed by atoms with Crippen molar-refractivity contribution in [2.24, 2.45) is 0 Å². The number of hydrogen-bond acceptors (Lipinski definition) is 4. The molecule has 2 fully saturated rings. The molecule has 0 aromatic carbocycles. The zero-order valence-electron chi connectivity index (χ0n) is 8.93. The quantitative estimate of drug-likeness (QED) is 0.563. The Bertz CT molecular complexity index is 307. The van der Waals surface area contributed by atoms with E-state index < -0.39 is 18.1 Å². The van der Waals surface area contributed by atoms with Gasteiger partial charge in [0.25, 0.3) is 0 Å². The third-order valence-electron chi connectivity index (χ3n) is 3.21. The Kier molecular flexibility index (Phi) is 3.11. The van der Waals surface area contributed by atoms with E-state index in [9.17, 15) is 14.7 Å². The Hall–Kier alpha value is -1.14. The van der Waals surface area contributed by atoms with E-state index in [1.165, 1.54) is 0 Å². The lowest BCUT2D eigenvalue weighted by Gasteiger charge is -2.23. The maximum atomic E-state index is 11.0. The number of carbonyl (C=O) groups excluding carboxylic acids is 1. The predicted molar refractivity (Wildman–Crippen MR) is 54.8 cm³/mol. The monoisotopic (exact) mass is 228 g/mol. The Morgan fingerprint density at radius 3 is 2.88 bits per heavy atom. The second kappa shape index (κ2) is 4.39. The standard InChI is InChI=1S/C10H16N2O4/c13-7-3-8(10(15)16)12(5-7)4-6-1-2-9(14)11-6/h6-8,13H,1-5H2,(H,11,14)(H,15,16). The first-order valence-electron chi connectivity index (χ1n) is 5.50. The van der Waals surface area contributed by atoms with E-state index in [0.29, 0.717) is 19.5 Å². The molecule has 0 bridgehead atoms. The second-order valence-corrected chi connectivity index (χ2v) is 4.50. The highest BCUT2D eigenvalue weighted by Crippen LogP contribution is 2.20. The summed E-state index contributed by atoms with van der Waals surface area (Å²) in [4.78, 5) is 23.7. The third-order valence-corrected chi connectivity index (χ3v) is 3.21. The van der Waals surface area contributed by atoms with Crippen LogP contribution in [-0.4, -0.2) is 58.3 Å². The zero-order chi connectivity index (χ0) is 11.7. The van der Waals surface area contributed by atoms with Crippen molar-refractivity contribution in [2.45, 2.75) is 37.5 Å². The number of amides is 1. The first kappa shape index (κ1) is 11.3. The number of likely N-dealkylation sites (tertiary alicyclic amines) is 1. The molecule has 90 valence electrons. The van der Waals surface area contributed by atoms with Gasteiger partial charge in [0.15, 0.2) is 0 Å². The minimum atomic E-state index is -0.902. The number of nitrogens with zero attached hydrogens (tertiary/aromatic N) is 1. The van der Waals surface area contributed by atoms with Gasteiger partial charge in [0.1, 0.15) is 6.04 Å². The van der Waals surface area contributed by atoms with Crippen molar-refractivity contribution in [3.8, 4) is 0 Å². The number of β-amino-alcohol motifs (C(OH)–C–C–N with tert-alkyl or cyclic N) is 1. The number of carboxylic acids is 1. The van der Waals surface area contributed by atoms with Crippen LogP contribution >= 0.6 is 0 Å². The van der Waals surface area contributed by atoms with Gasteiger partial charge in [-0.3, -0.25) is 14.5 Å². The lowest BCUT2D eigenvalue weighted by Crippen LogP contribution is -2.44. The van der Waals surface area contributed by atoms with Gasteiger partial charge >= 0.3 is 5.97 Å². The number of aliphatic hydroxyl groups is 1.